The quantitative estimate of drug-likeness (QED) is 0.189. The van der Waals surface area contributed by atoms with Crippen LogP contribution in [0.15, 0.2) is 152 Å². The normalized spacial score (nSPS) is 12.1. The van der Waals surface area contributed by atoms with Gasteiger partial charge in [0.25, 0.3) is 0 Å². The number of benzene rings is 7. The molecular formula is C44H25N3S2. The lowest BCUT2D eigenvalue weighted by Gasteiger charge is -2.13. The Morgan fingerprint density at radius 3 is 2.06 bits per heavy atom. The summed E-state index contributed by atoms with van der Waals surface area (Å²) in [6.07, 6.45) is 0. The van der Waals surface area contributed by atoms with E-state index < -0.39 is 0 Å². The van der Waals surface area contributed by atoms with Gasteiger partial charge in [0.05, 0.1) is 36.3 Å². The van der Waals surface area contributed by atoms with E-state index >= 15 is 0 Å². The topological polar surface area (TPSA) is 30.7 Å². The van der Waals surface area contributed by atoms with E-state index in [4.69, 9.17) is 9.97 Å². The van der Waals surface area contributed by atoms with Crippen LogP contribution in [-0.4, -0.2) is 14.5 Å². The molecule has 0 spiro atoms. The lowest BCUT2D eigenvalue weighted by atomic mass is 9.98. The Balaban J connectivity index is 1.21. The third kappa shape index (κ3) is 4.00. The fourth-order valence-electron chi connectivity index (χ4n) is 7.50. The number of hydrogen-bond donors (Lipinski definition) is 0. The molecule has 0 N–H and O–H groups in total. The van der Waals surface area contributed by atoms with Crippen LogP contribution in [0.25, 0.3) is 101 Å². The van der Waals surface area contributed by atoms with E-state index in [0.717, 1.165) is 33.2 Å². The van der Waals surface area contributed by atoms with Crippen molar-refractivity contribution >= 4 is 95.7 Å². The number of hydrogen-bond acceptors (Lipinski definition) is 4. The van der Waals surface area contributed by atoms with Crippen molar-refractivity contribution in [2.45, 2.75) is 0 Å². The van der Waals surface area contributed by atoms with E-state index in [1.54, 1.807) is 0 Å². The van der Waals surface area contributed by atoms with Crippen molar-refractivity contribution in [3.63, 3.8) is 0 Å². The molecule has 0 aliphatic carbocycles. The molecule has 228 valence electrons. The van der Waals surface area contributed by atoms with Gasteiger partial charge in [0.2, 0.25) is 5.95 Å². The van der Waals surface area contributed by atoms with Crippen LogP contribution in [0.3, 0.4) is 0 Å². The molecule has 7 aromatic carbocycles. The molecule has 4 heterocycles. The van der Waals surface area contributed by atoms with Crippen molar-refractivity contribution in [3.8, 4) is 28.3 Å². The van der Waals surface area contributed by atoms with Crippen LogP contribution in [0, 0.1) is 0 Å². The van der Waals surface area contributed by atoms with E-state index in [1.165, 1.54) is 62.2 Å². The van der Waals surface area contributed by atoms with E-state index in [-0.39, 0.29) is 0 Å². The van der Waals surface area contributed by atoms with Gasteiger partial charge in [-0.3, -0.25) is 4.57 Å². The minimum Gasteiger partial charge on any atom is -0.276 e. The van der Waals surface area contributed by atoms with Gasteiger partial charge in [-0.15, -0.1) is 22.7 Å². The standard InChI is InChI=1S/C44H25N3S2/c1-2-11-27(12-3-1)39-35-25-30(29-19-18-26-10-4-5-13-28(26)24-29)20-23-36(35)45-44(46-39)47-37-16-8-6-14-31(37)32-21-22-34-41(40(32)47)49-42-33-15-7-9-17-38(33)48-43(34)42/h1-25H. The highest BCUT2D eigenvalue weighted by Crippen LogP contribution is 2.48. The van der Waals surface area contributed by atoms with Crippen molar-refractivity contribution in [1.82, 2.24) is 14.5 Å². The molecule has 5 heteroatoms. The summed E-state index contributed by atoms with van der Waals surface area (Å²) in [6, 6.07) is 54.4. The molecule has 11 aromatic rings. The zero-order chi connectivity index (χ0) is 32.1. The highest BCUT2D eigenvalue weighted by atomic mass is 32.1. The molecule has 0 aliphatic heterocycles. The predicted molar refractivity (Wildman–Crippen MR) is 211 cm³/mol. The molecule has 0 unspecified atom stereocenters. The zero-order valence-corrected chi connectivity index (χ0v) is 27.7. The molecule has 3 nitrogen and oxygen atoms in total. The molecule has 0 bridgehead atoms. The summed E-state index contributed by atoms with van der Waals surface area (Å²) in [5, 5.41) is 8.56. The summed E-state index contributed by atoms with van der Waals surface area (Å²) < 4.78 is 7.62. The van der Waals surface area contributed by atoms with Crippen LogP contribution in [0.2, 0.25) is 0 Å². The smallest absolute Gasteiger partial charge is 0.235 e. The van der Waals surface area contributed by atoms with Gasteiger partial charge in [-0.05, 0) is 52.2 Å². The first-order valence-corrected chi connectivity index (χ1v) is 18.0. The maximum atomic E-state index is 5.46. The lowest BCUT2D eigenvalue weighted by molar-refractivity contribution is 1.02. The monoisotopic (exact) mass is 659 g/mol. The van der Waals surface area contributed by atoms with Crippen molar-refractivity contribution in [2.24, 2.45) is 0 Å². The molecule has 0 radical (unpaired) electrons. The summed E-state index contributed by atoms with van der Waals surface area (Å²) in [4.78, 5) is 10.8. The Morgan fingerprint density at radius 1 is 0.429 bits per heavy atom. The number of nitrogens with zero attached hydrogens (tertiary/aromatic N) is 3. The number of fused-ring (bicyclic) bond motifs is 11. The molecule has 0 amide bonds. The molecule has 0 saturated heterocycles. The average molecular weight is 660 g/mol. The number of para-hydroxylation sites is 1. The molecule has 0 fully saturated rings. The Hall–Kier alpha value is -5.88. The first kappa shape index (κ1) is 27.1. The number of aromatic nitrogens is 3. The third-order valence-corrected chi connectivity index (χ3v) is 12.4. The average Bonchev–Trinajstić information content (AvgIpc) is 3.82. The van der Waals surface area contributed by atoms with Crippen molar-refractivity contribution in [3.05, 3.63) is 152 Å². The van der Waals surface area contributed by atoms with Crippen molar-refractivity contribution in [2.75, 3.05) is 0 Å². The Bertz CT molecular complexity index is 3110. The number of rotatable bonds is 3. The second kappa shape index (κ2) is 10.3. The summed E-state index contributed by atoms with van der Waals surface area (Å²) in [5.41, 5.74) is 7.53. The molecule has 4 aromatic heterocycles. The molecular weight excluding hydrogens is 635 g/mol. The van der Waals surface area contributed by atoms with Gasteiger partial charge in [-0.2, -0.15) is 0 Å². The van der Waals surface area contributed by atoms with Gasteiger partial charge in [-0.25, -0.2) is 9.97 Å². The van der Waals surface area contributed by atoms with Crippen LogP contribution in [-0.2, 0) is 0 Å². The molecule has 11 rings (SSSR count). The van der Waals surface area contributed by atoms with Crippen LogP contribution >= 0.6 is 22.7 Å². The van der Waals surface area contributed by atoms with Gasteiger partial charge in [0.1, 0.15) is 0 Å². The number of thiophene rings is 2. The van der Waals surface area contributed by atoms with Gasteiger partial charge >= 0.3 is 0 Å². The largest absolute Gasteiger partial charge is 0.276 e. The summed E-state index contributed by atoms with van der Waals surface area (Å²) in [5.74, 6) is 0.685. The van der Waals surface area contributed by atoms with Crippen molar-refractivity contribution in [1.29, 1.82) is 0 Å². The first-order chi connectivity index (χ1) is 24.3. The molecule has 0 atom stereocenters. The van der Waals surface area contributed by atoms with E-state index in [9.17, 15) is 0 Å². The summed E-state index contributed by atoms with van der Waals surface area (Å²) >= 11 is 3.78. The zero-order valence-electron chi connectivity index (χ0n) is 26.1. The van der Waals surface area contributed by atoms with Crippen LogP contribution in [0.5, 0.6) is 0 Å². The van der Waals surface area contributed by atoms with Gasteiger partial charge in [-0.1, -0.05) is 121 Å². The highest BCUT2D eigenvalue weighted by molar-refractivity contribution is 7.37. The minimum absolute atomic E-state index is 0.685. The van der Waals surface area contributed by atoms with Gasteiger partial charge < -0.3 is 0 Å². The second-order valence-electron chi connectivity index (χ2n) is 12.6. The van der Waals surface area contributed by atoms with Gasteiger partial charge in [0.15, 0.2) is 0 Å². The predicted octanol–water partition coefficient (Wildman–Crippen LogP) is 12.8. The first-order valence-electron chi connectivity index (χ1n) is 16.4. The fourth-order valence-corrected chi connectivity index (χ4v) is 10.3. The maximum Gasteiger partial charge on any atom is 0.235 e. The highest BCUT2D eigenvalue weighted by Gasteiger charge is 2.22. The van der Waals surface area contributed by atoms with E-state index in [1.807, 2.05) is 22.7 Å². The molecule has 49 heavy (non-hydrogen) atoms. The van der Waals surface area contributed by atoms with Crippen LogP contribution < -0.4 is 0 Å². The van der Waals surface area contributed by atoms with E-state index in [0.29, 0.717) is 5.95 Å². The Kier molecular flexibility index (Phi) is 5.70. The third-order valence-electron chi connectivity index (χ3n) is 9.80. The van der Waals surface area contributed by atoms with Gasteiger partial charge in [0, 0.05) is 37.2 Å². The van der Waals surface area contributed by atoms with E-state index in [2.05, 4.69) is 156 Å². The molecule has 0 saturated carbocycles. The van der Waals surface area contributed by atoms with Crippen molar-refractivity contribution < 1.29 is 0 Å². The molecule has 0 aliphatic rings. The lowest BCUT2D eigenvalue weighted by Crippen LogP contribution is -2.03. The van der Waals surface area contributed by atoms with Crippen LogP contribution in [0.4, 0.5) is 0 Å². The Morgan fingerprint density at radius 2 is 1.14 bits per heavy atom. The summed E-state index contributed by atoms with van der Waals surface area (Å²) in [6.45, 7) is 0. The second-order valence-corrected chi connectivity index (χ2v) is 14.7. The summed E-state index contributed by atoms with van der Waals surface area (Å²) in [7, 11) is 0. The minimum atomic E-state index is 0.685. The SMILES string of the molecule is c1ccc(-c2nc(-n3c4ccccc4c4ccc5c6sc7ccccc7c6sc5c43)nc3ccc(-c4ccc5ccccc5c4)cc23)cc1. The fraction of sp³-hybridized carbons (Fsp3) is 0. The maximum absolute atomic E-state index is 5.46. The Labute approximate surface area is 289 Å². The van der Waals surface area contributed by atoms with Crippen LogP contribution in [0.1, 0.15) is 0 Å².